The number of hydrogen-bond donors (Lipinski definition) is 1. The van der Waals surface area contributed by atoms with Crippen molar-refractivity contribution in [1.82, 2.24) is 0 Å². The van der Waals surface area contributed by atoms with E-state index in [0.717, 1.165) is 25.3 Å². The topological polar surface area (TPSA) is 35.8 Å². The van der Waals surface area contributed by atoms with Gasteiger partial charge in [-0.15, -0.1) is 0 Å². The summed E-state index contributed by atoms with van der Waals surface area (Å²) >= 11 is 0. The molecule has 0 heterocycles. The molecule has 1 N–H and O–H groups in total. The van der Waals surface area contributed by atoms with Gasteiger partial charge in [-0.05, 0) is 43.4 Å². The quantitative estimate of drug-likeness (QED) is 0.873. The molecule has 0 spiro atoms. The van der Waals surface area contributed by atoms with Crippen LogP contribution in [0.2, 0.25) is 0 Å². The molecule has 2 unspecified atom stereocenters. The van der Waals surface area contributed by atoms with Gasteiger partial charge in [-0.3, -0.25) is 0 Å². The lowest BCUT2D eigenvalue weighted by Gasteiger charge is -2.16. The van der Waals surface area contributed by atoms with Gasteiger partial charge in [0.25, 0.3) is 0 Å². The monoisotopic (exact) mass is 268 g/mol. The fourth-order valence-corrected chi connectivity index (χ4v) is 2.54. The summed E-state index contributed by atoms with van der Waals surface area (Å²) in [4.78, 5) is 0. The number of alkyl halides is 3. The van der Waals surface area contributed by atoms with E-state index in [1.807, 2.05) is 0 Å². The van der Waals surface area contributed by atoms with Gasteiger partial charge in [-0.25, -0.2) is 0 Å². The van der Waals surface area contributed by atoms with Crippen LogP contribution in [-0.4, -0.2) is 6.04 Å². The second-order valence-electron chi connectivity index (χ2n) is 5.13. The largest absolute Gasteiger partial charge is 0.417 e. The standard InChI is InChI=1S/C14H15F3N2/c1-9-2-4-11(6-9)19-12-5-3-10(8-18)13(7-12)14(15,16)17/h3,5,7,9,11,19H,2,4,6H2,1H3. The summed E-state index contributed by atoms with van der Waals surface area (Å²) in [5.74, 6) is 0.609. The van der Waals surface area contributed by atoms with Crippen LogP contribution in [0, 0.1) is 17.2 Å². The maximum atomic E-state index is 12.8. The van der Waals surface area contributed by atoms with Crippen LogP contribution in [0.3, 0.4) is 0 Å². The summed E-state index contributed by atoms with van der Waals surface area (Å²) in [5, 5.41) is 11.8. The Balaban J connectivity index is 2.21. The lowest BCUT2D eigenvalue weighted by molar-refractivity contribution is -0.137. The van der Waals surface area contributed by atoms with Crippen LogP contribution >= 0.6 is 0 Å². The molecule has 102 valence electrons. The number of hydrogen-bond acceptors (Lipinski definition) is 2. The predicted molar refractivity (Wildman–Crippen MR) is 66.6 cm³/mol. The van der Waals surface area contributed by atoms with Crippen LogP contribution in [-0.2, 0) is 6.18 Å². The maximum absolute atomic E-state index is 12.8. The van der Waals surface area contributed by atoms with Crippen molar-refractivity contribution in [2.24, 2.45) is 5.92 Å². The van der Waals surface area contributed by atoms with Gasteiger partial charge < -0.3 is 5.32 Å². The molecule has 1 aromatic carbocycles. The van der Waals surface area contributed by atoms with Gasteiger partial charge in [0.1, 0.15) is 0 Å². The smallest absolute Gasteiger partial charge is 0.382 e. The van der Waals surface area contributed by atoms with Crippen LogP contribution < -0.4 is 5.32 Å². The van der Waals surface area contributed by atoms with Gasteiger partial charge in [-0.1, -0.05) is 6.92 Å². The predicted octanol–water partition coefficient (Wildman–Crippen LogP) is 4.18. The molecule has 2 rings (SSSR count). The zero-order chi connectivity index (χ0) is 14.0. The molecule has 2 nitrogen and oxygen atoms in total. The van der Waals surface area contributed by atoms with Crippen LogP contribution in [0.1, 0.15) is 37.3 Å². The normalized spacial score (nSPS) is 23.1. The molecule has 19 heavy (non-hydrogen) atoms. The van der Waals surface area contributed by atoms with Crippen LogP contribution in [0.5, 0.6) is 0 Å². The molecule has 2 atom stereocenters. The Morgan fingerprint density at radius 3 is 2.58 bits per heavy atom. The van der Waals surface area contributed by atoms with E-state index in [2.05, 4.69) is 12.2 Å². The van der Waals surface area contributed by atoms with E-state index < -0.39 is 11.7 Å². The molecular weight excluding hydrogens is 253 g/mol. The van der Waals surface area contributed by atoms with E-state index in [-0.39, 0.29) is 11.6 Å². The van der Waals surface area contributed by atoms with Gasteiger partial charge in [0.2, 0.25) is 0 Å². The first-order valence-electron chi connectivity index (χ1n) is 6.28. The highest BCUT2D eigenvalue weighted by Crippen LogP contribution is 2.34. The third-order valence-electron chi connectivity index (χ3n) is 3.51. The van der Waals surface area contributed by atoms with Crippen molar-refractivity contribution in [1.29, 1.82) is 5.26 Å². The Bertz CT molecular complexity index is 502. The minimum absolute atomic E-state index is 0.226. The number of nitrogens with one attached hydrogen (secondary N) is 1. The number of anilines is 1. The Labute approximate surface area is 110 Å². The molecule has 0 amide bonds. The average molecular weight is 268 g/mol. The van der Waals surface area contributed by atoms with Crippen molar-refractivity contribution in [3.8, 4) is 6.07 Å². The van der Waals surface area contributed by atoms with E-state index in [9.17, 15) is 13.2 Å². The summed E-state index contributed by atoms with van der Waals surface area (Å²) in [6.45, 7) is 2.14. The first-order valence-corrected chi connectivity index (χ1v) is 6.28. The van der Waals surface area contributed by atoms with E-state index in [1.165, 1.54) is 12.1 Å². The van der Waals surface area contributed by atoms with Gasteiger partial charge in [0.05, 0.1) is 17.2 Å². The van der Waals surface area contributed by atoms with E-state index in [0.29, 0.717) is 11.6 Å². The highest BCUT2D eigenvalue weighted by molar-refractivity contribution is 5.53. The third-order valence-corrected chi connectivity index (χ3v) is 3.51. The number of nitrogens with zero attached hydrogens (tertiary/aromatic N) is 1. The fourth-order valence-electron chi connectivity index (χ4n) is 2.54. The second-order valence-corrected chi connectivity index (χ2v) is 5.13. The Hall–Kier alpha value is -1.70. The molecule has 1 aromatic rings. The van der Waals surface area contributed by atoms with Crippen molar-refractivity contribution in [3.05, 3.63) is 29.3 Å². The molecule has 5 heteroatoms. The Kier molecular flexibility index (Phi) is 3.70. The molecule has 0 radical (unpaired) electrons. The van der Waals surface area contributed by atoms with E-state index in [1.54, 1.807) is 6.07 Å². The average Bonchev–Trinajstić information content (AvgIpc) is 2.73. The van der Waals surface area contributed by atoms with Gasteiger partial charge in [0.15, 0.2) is 0 Å². The fraction of sp³-hybridized carbons (Fsp3) is 0.500. The highest BCUT2D eigenvalue weighted by atomic mass is 19.4. The summed E-state index contributed by atoms with van der Waals surface area (Å²) in [6, 6.07) is 5.60. The first-order chi connectivity index (χ1) is 8.90. The van der Waals surface area contributed by atoms with Crippen LogP contribution in [0.4, 0.5) is 18.9 Å². The molecule has 1 saturated carbocycles. The van der Waals surface area contributed by atoms with Crippen molar-refractivity contribution >= 4 is 5.69 Å². The van der Waals surface area contributed by atoms with Crippen molar-refractivity contribution in [2.75, 3.05) is 5.32 Å². The molecule has 1 aliphatic carbocycles. The van der Waals surface area contributed by atoms with Crippen molar-refractivity contribution < 1.29 is 13.2 Å². The van der Waals surface area contributed by atoms with Gasteiger partial charge in [-0.2, -0.15) is 18.4 Å². The first kappa shape index (κ1) is 13.7. The summed E-state index contributed by atoms with van der Waals surface area (Å²) in [6.07, 6.45) is -1.45. The molecule has 0 bridgehead atoms. The maximum Gasteiger partial charge on any atom is 0.417 e. The summed E-state index contributed by atoms with van der Waals surface area (Å²) in [5.41, 5.74) is -0.769. The lowest BCUT2D eigenvalue weighted by Crippen LogP contribution is -2.16. The van der Waals surface area contributed by atoms with Gasteiger partial charge >= 0.3 is 6.18 Å². The highest BCUT2D eigenvalue weighted by Gasteiger charge is 2.34. The zero-order valence-corrected chi connectivity index (χ0v) is 10.6. The van der Waals surface area contributed by atoms with Gasteiger partial charge in [0, 0.05) is 11.7 Å². The summed E-state index contributed by atoms with van der Waals surface area (Å²) < 4.78 is 38.4. The van der Waals surface area contributed by atoms with Crippen molar-refractivity contribution in [3.63, 3.8) is 0 Å². The number of benzene rings is 1. The molecular formula is C14H15F3N2. The molecule has 0 aliphatic heterocycles. The molecule has 0 saturated heterocycles. The van der Waals surface area contributed by atoms with Crippen LogP contribution in [0.15, 0.2) is 18.2 Å². The van der Waals surface area contributed by atoms with Crippen LogP contribution in [0.25, 0.3) is 0 Å². The third kappa shape index (κ3) is 3.19. The molecule has 0 aromatic heterocycles. The minimum Gasteiger partial charge on any atom is -0.382 e. The zero-order valence-electron chi connectivity index (χ0n) is 10.6. The molecule has 1 fully saturated rings. The number of halogens is 3. The molecule has 1 aliphatic rings. The summed E-state index contributed by atoms with van der Waals surface area (Å²) in [7, 11) is 0. The Morgan fingerprint density at radius 1 is 1.32 bits per heavy atom. The number of nitriles is 1. The van der Waals surface area contributed by atoms with E-state index in [4.69, 9.17) is 5.26 Å². The minimum atomic E-state index is -4.49. The Morgan fingerprint density at radius 2 is 2.05 bits per heavy atom. The van der Waals surface area contributed by atoms with E-state index >= 15 is 0 Å². The number of rotatable bonds is 2. The SMILES string of the molecule is CC1CCC(Nc2ccc(C#N)c(C(F)(F)F)c2)C1. The second kappa shape index (κ2) is 5.12. The van der Waals surface area contributed by atoms with Crippen molar-refractivity contribution in [2.45, 2.75) is 38.4 Å². The lowest BCUT2D eigenvalue weighted by atomic mass is 10.1.